The molecule has 0 unspecified atom stereocenters. The summed E-state index contributed by atoms with van der Waals surface area (Å²) >= 11 is 1.88. The van der Waals surface area contributed by atoms with E-state index in [4.69, 9.17) is 0 Å². The molecule has 0 fully saturated rings. The fraction of sp³-hybridized carbons (Fsp3) is 0. The van der Waals surface area contributed by atoms with Crippen molar-refractivity contribution in [1.29, 1.82) is 0 Å². The third kappa shape index (κ3) is 5.30. The van der Waals surface area contributed by atoms with Crippen LogP contribution in [0.1, 0.15) is 0 Å². The highest BCUT2D eigenvalue weighted by Crippen LogP contribution is 2.48. The molecular formula is C54H35NS. The van der Waals surface area contributed by atoms with E-state index >= 15 is 0 Å². The Hall–Kier alpha value is -7.00. The average Bonchev–Trinajstić information content (AvgIpc) is 3.66. The van der Waals surface area contributed by atoms with Crippen molar-refractivity contribution in [2.45, 2.75) is 0 Å². The SMILES string of the molecule is c1ccc(-c2c(-c3ccccc3)c3cc(N(c4ccc(-c5cccc6c5sc5ccccc56)cc4)c4cccc5ccccc45)ccc3c3ccccc23)cc1. The Morgan fingerprint density at radius 2 is 0.875 bits per heavy atom. The molecule has 56 heavy (non-hydrogen) atoms. The Kier molecular flexibility index (Phi) is 7.75. The highest BCUT2D eigenvalue weighted by atomic mass is 32.1. The molecule has 0 aliphatic rings. The molecule has 2 heteroatoms. The fourth-order valence-corrected chi connectivity index (χ4v) is 9.96. The maximum atomic E-state index is 2.44. The van der Waals surface area contributed by atoms with Crippen LogP contribution < -0.4 is 4.90 Å². The summed E-state index contributed by atoms with van der Waals surface area (Å²) < 4.78 is 2.65. The van der Waals surface area contributed by atoms with Crippen LogP contribution in [0.25, 0.3) is 85.9 Å². The molecule has 10 aromatic carbocycles. The smallest absolute Gasteiger partial charge is 0.0540 e. The number of nitrogens with zero attached hydrogens (tertiary/aromatic N) is 1. The molecule has 0 N–H and O–H groups in total. The summed E-state index contributed by atoms with van der Waals surface area (Å²) in [5.74, 6) is 0. The zero-order chi connectivity index (χ0) is 37.0. The van der Waals surface area contributed by atoms with Gasteiger partial charge in [-0.25, -0.2) is 0 Å². The number of rotatable bonds is 6. The summed E-state index contributed by atoms with van der Waals surface area (Å²) in [4.78, 5) is 2.44. The van der Waals surface area contributed by atoms with Crippen LogP contribution in [0.3, 0.4) is 0 Å². The van der Waals surface area contributed by atoms with E-state index < -0.39 is 0 Å². The molecule has 11 aromatic rings. The predicted octanol–water partition coefficient (Wildman–Crippen LogP) is 16.0. The van der Waals surface area contributed by atoms with Gasteiger partial charge in [0.05, 0.1) is 5.69 Å². The third-order valence-corrected chi connectivity index (χ3v) is 12.5. The molecule has 0 radical (unpaired) electrons. The highest BCUT2D eigenvalue weighted by molar-refractivity contribution is 7.26. The Balaban J connectivity index is 1.16. The lowest BCUT2D eigenvalue weighted by molar-refractivity contribution is 1.30. The van der Waals surface area contributed by atoms with Gasteiger partial charge in [-0.1, -0.05) is 176 Å². The summed E-state index contributed by atoms with van der Waals surface area (Å²) in [6, 6.07) is 77.7. The first kappa shape index (κ1) is 32.4. The van der Waals surface area contributed by atoms with Crippen molar-refractivity contribution in [3.63, 3.8) is 0 Å². The first-order valence-electron chi connectivity index (χ1n) is 19.2. The van der Waals surface area contributed by atoms with Crippen LogP contribution in [0.5, 0.6) is 0 Å². The summed E-state index contributed by atoms with van der Waals surface area (Å²) in [7, 11) is 0. The minimum absolute atomic E-state index is 1.11. The van der Waals surface area contributed by atoms with Crippen molar-refractivity contribution in [1.82, 2.24) is 0 Å². The van der Waals surface area contributed by atoms with Crippen molar-refractivity contribution in [3.05, 3.63) is 212 Å². The maximum Gasteiger partial charge on any atom is 0.0540 e. The normalized spacial score (nSPS) is 11.6. The fourth-order valence-electron chi connectivity index (χ4n) is 8.72. The van der Waals surface area contributed by atoms with Crippen LogP contribution in [0.4, 0.5) is 17.1 Å². The molecule has 0 spiro atoms. The minimum atomic E-state index is 1.11. The molecule has 11 rings (SSSR count). The molecule has 0 amide bonds. The first-order chi connectivity index (χ1) is 27.8. The van der Waals surface area contributed by atoms with Crippen molar-refractivity contribution in [2.75, 3.05) is 4.90 Å². The lowest BCUT2D eigenvalue weighted by Crippen LogP contribution is -2.10. The molecule has 1 heterocycles. The quantitative estimate of drug-likeness (QED) is 0.154. The van der Waals surface area contributed by atoms with E-state index in [1.165, 1.54) is 85.9 Å². The van der Waals surface area contributed by atoms with Crippen molar-refractivity contribution >= 4 is 80.9 Å². The number of hydrogen-bond donors (Lipinski definition) is 0. The minimum Gasteiger partial charge on any atom is -0.310 e. The van der Waals surface area contributed by atoms with Gasteiger partial charge in [-0.05, 0) is 96.7 Å². The number of thiophene rings is 1. The Morgan fingerprint density at radius 1 is 0.321 bits per heavy atom. The van der Waals surface area contributed by atoms with E-state index in [1.54, 1.807) is 0 Å². The van der Waals surface area contributed by atoms with Gasteiger partial charge in [0, 0.05) is 36.9 Å². The summed E-state index contributed by atoms with van der Waals surface area (Å²) in [5, 5.41) is 10.0. The van der Waals surface area contributed by atoms with E-state index in [0.717, 1.165) is 17.1 Å². The van der Waals surface area contributed by atoms with E-state index in [9.17, 15) is 0 Å². The standard InChI is InChI=1S/C54H35NS/c1-3-16-38(17-4-1)52-47-24-10-9-22-44(47)45-34-33-41(35-49(45)53(52)39-18-5-2-6-19-39)55(50-27-13-20-36-15-7-8-21-42(36)50)40-31-29-37(30-32-40)43-25-14-26-48-46-23-11-12-28-51(46)56-54(43)48/h1-35H. The van der Waals surface area contributed by atoms with E-state index in [-0.39, 0.29) is 0 Å². The molecule has 0 saturated heterocycles. The zero-order valence-electron chi connectivity index (χ0n) is 30.6. The van der Waals surface area contributed by atoms with Gasteiger partial charge in [-0.3, -0.25) is 0 Å². The average molecular weight is 730 g/mol. The molecule has 0 aliphatic carbocycles. The van der Waals surface area contributed by atoms with Crippen LogP contribution in [0, 0.1) is 0 Å². The third-order valence-electron chi connectivity index (χ3n) is 11.2. The van der Waals surface area contributed by atoms with Crippen molar-refractivity contribution in [2.24, 2.45) is 0 Å². The van der Waals surface area contributed by atoms with Gasteiger partial charge in [0.2, 0.25) is 0 Å². The molecular weight excluding hydrogens is 695 g/mol. The van der Waals surface area contributed by atoms with Gasteiger partial charge in [0.25, 0.3) is 0 Å². The molecule has 0 saturated carbocycles. The Bertz CT molecular complexity index is 3230. The molecule has 0 atom stereocenters. The van der Waals surface area contributed by atoms with Gasteiger partial charge >= 0.3 is 0 Å². The molecule has 1 nitrogen and oxygen atoms in total. The molecule has 262 valence electrons. The predicted molar refractivity (Wildman–Crippen MR) is 243 cm³/mol. The van der Waals surface area contributed by atoms with Crippen LogP contribution in [-0.2, 0) is 0 Å². The van der Waals surface area contributed by atoms with Crippen LogP contribution in [0.15, 0.2) is 212 Å². The lowest BCUT2D eigenvalue weighted by Gasteiger charge is -2.28. The number of anilines is 3. The van der Waals surface area contributed by atoms with Crippen molar-refractivity contribution < 1.29 is 0 Å². The largest absolute Gasteiger partial charge is 0.310 e. The summed E-state index contributed by atoms with van der Waals surface area (Å²) in [5.41, 5.74) is 10.8. The van der Waals surface area contributed by atoms with Gasteiger partial charge < -0.3 is 4.90 Å². The number of hydrogen-bond acceptors (Lipinski definition) is 2. The van der Waals surface area contributed by atoms with Crippen LogP contribution >= 0.6 is 11.3 Å². The second-order valence-corrected chi connectivity index (χ2v) is 15.5. The molecule has 0 aliphatic heterocycles. The van der Waals surface area contributed by atoms with Crippen molar-refractivity contribution in [3.8, 4) is 33.4 Å². The van der Waals surface area contributed by atoms with Crippen LogP contribution in [-0.4, -0.2) is 0 Å². The molecule has 0 bridgehead atoms. The van der Waals surface area contributed by atoms with E-state index in [1.807, 2.05) is 11.3 Å². The first-order valence-corrected chi connectivity index (χ1v) is 20.0. The lowest BCUT2D eigenvalue weighted by atomic mass is 9.85. The van der Waals surface area contributed by atoms with Gasteiger partial charge in [0.1, 0.15) is 0 Å². The summed E-state index contributed by atoms with van der Waals surface area (Å²) in [6.07, 6.45) is 0. The van der Waals surface area contributed by atoms with Crippen LogP contribution in [0.2, 0.25) is 0 Å². The Labute approximate surface area is 330 Å². The van der Waals surface area contributed by atoms with E-state index in [2.05, 4.69) is 217 Å². The topological polar surface area (TPSA) is 3.24 Å². The maximum absolute atomic E-state index is 2.44. The summed E-state index contributed by atoms with van der Waals surface area (Å²) in [6.45, 7) is 0. The number of fused-ring (bicyclic) bond motifs is 7. The highest BCUT2D eigenvalue weighted by Gasteiger charge is 2.21. The Morgan fingerprint density at radius 3 is 1.64 bits per heavy atom. The monoisotopic (exact) mass is 729 g/mol. The van der Waals surface area contributed by atoms with Gasteiger partial charge in [0.15, 0.2) is 0 Å². The molecule has 1 aromatic heterocycles. The second kappa shape index (κ2) is 13.4. The van der Waals surface area contributed by atoms with Gasteiger partial charge in [-0.2, -0.15) is 0 Å². The zero-order valence-corrected chi connectivity index (χ0v) is 31.4. The van der Waals surface area contributed by atoms with E-state index in [0.29, 0.717) is 0 Å². The number of benzene rings is 10. The van der Waals surface area contributed by atoms with Gasteiger partial charge in [-0.15, -0.1) is 11.3 Å². The second-order valence-electron chi connectivity index (χ2n) is 14.4.